The largest absolute Gasteiger partial charge is 0.369 e. The van der Waals surface area contributed by atoms with Crippen molar-refractivity contribution in [2.24, 2.45) is 12.8 Å². The van der Waals surface area contributed by atoms with Gasteiger partial charge in [-0.25, -0.2) is 0 Å². The lowest BCUT2D eigenvalue weighted by molar-refractivity contribution is -0.117. The fourth-order valence-corrected chi connectivity index (χ4v) is 1.99. The number of nitrogens with two attached hydrogens (primary N) is 1. The number of benzene rings is 1. The molecule has 1 aromatic heterocycles. The fourth-order valence-electron chi connectivity index (χ4n) is 1.99. The molecular weight excluding hydrogens is 344 g/mol. The molecule has 0 bridgehead atoms. The van der Waals surface area contributed by atoms with Gasteiger partial charge in [-0.05, 0) is 26.0 Å². The van der Waals surface area contributed by atoms with E-state index in [0.717, 1.165) is 11.3 Å². The van der Waals surface area contributed by atoms with Crippen molar-refractivity contribution in [3.63, 3.8) is 0 Å². The van der Waals surface area contributed by atoms with E-state index >= 15 is 0 Å². The molecule has 0 aliphatic rings. The van der Waals surface area contributed by atoms with Crippen LogP contribution in [0.2, 0.25) is 0 Å². The van der Waals surface area contributed by atoms with Crippen LogP contribution >= 0.6 is 0 Å². The summed E-state index contributed by atoms with van der Waals surface area (Å²) in [4.78, 5) is 23.3. The van der Waals surface area contributed by atoms with Gasteiger partial charge in [0.25, 0.3) is 10.1 Å². The van der Waals surface area contributed by atoms with Crippen molar-refractivity contribution in [2.45, 2.75) is 20.3 Å². The molecular formula is C17H22N2O5S. The lowest BCUT2D eigenvalue weighted by atomic mass is 10.1. The predicted octanol–water partition coefficient (Wildman–Crippen LogP) is 1.49. The Labute approximate surface area is 147 Å². The minimum absolute atomic E-state index is 0.0572. The maximum Gasteiger partial charge on any atom is 0.264 e. The van der Waals surface area contributed by atoms with Gasteiger partial charge in [0.15, 0.2) is 0 Å². The second-order valence-corrected chi connectivity index (χ2v) is 7.22. The summed E-state index contributed by atoms with van der Waals surface area (Å²) in [6, 6.07) is 10.9. The van der Waals surface area contributed by atoms with Crippen molar-refractivity contribution < 1.29 is 22.6 Å². The zero-order valence-electron chi connectivity index (χ0n) is 14.4. The average Bonchev–Trinajstić information content (AvgIpc) is 2.88. The maximum atomic E-state index is 12.3. The van der Waals surface area contributed by atoms with E-state index in [1.165, 1.54) is 6.92 Å². The number of rotatable bonds is 5. The third kappa shape index (κ3) is 6.52. The number of hydrogen-bond acceptors (Lipinski definition) is 4. The lowest BCUT2D eigenvalue weighted by Crippen LogP contribution is -2.17. The summed E-state index contributed by atoms with van der Waals surface area (Å²) in [7, 11) is -1.90. The summed E-state index contributed by atoms with van der Waals surface area (Å²) < 4.78 is 28.6. The van der Waals surface area contributed by atoms with Crippen molar-refractivity contribution in [1.82, 2.24) is 4.57 Å². The van der Waals surface area contributed by atoms with Crippen molar-refractivity contribution in [3.05, 3.63) is 58.9 Å². The molecule has 0 aliphatic carbocycles. The first-order chi connectivity index (χ1) is 11.5. The molecule has 0 spiro atoms. The number of ketones is 1. The molecule has 0 radical (unpaired) electrons. The van der Waals surface area contributed by atoms with E-state index in [1.807, 2.05) is 19.1 Å². The molecule has 0 unspecified atom stereocenters. The maximum absolute atomic E-state index is 12.3. The SMILES string of the molecule is CCS(=O)(=O)O.Cc1ccc(C(=O)c2ccc(CC(N)=O)n2C)cc1. The first-order valence-corrected chi connectivity index (χ1v) is 9.15. The van der Waals surface area contributed by atoms with Crippen molar-refractivity contribution in [2.75, 3.05) is 5.75 Å². The van der Waals surface area contributed by atoms with Gasteiger partial charge in [0.05, 0.1) is 17.9 Å². The molecule has 8 heteroatoms. The zero-order valence-corrected chi connectivity index (χ0v) is 15.2. The predicted molar refractivity (Wildman–Crippen MR) is 95.0 cm³/mol. The van der Waals surface area contributed by atoms with Crippen LogP contribution in [-0.2, 0) is 28.4 Å². The summed E-state index contributed by atoms with van der Waals surface area (Å²) in [6.45, 7) is 3.34. The zero-order chi connectivity index (χ0) is 19.2. The van der Waals surface area contributed by atoms with Gasteiger partial charge in [0.2, 0.25) is 11.7 Å². The van der Waals surface area contributed by atoms with Gasteiger partial charge in [0.1, 0.15) is 0 Å². The molecule has 3 N–H and O–H groups in total. The molecule has 0 atom stereocenters. The smallest absolute Gasteiger partial charge is 0.264 e. The highest BCUT2D eigenvalue weighted by Gasteiger charge is 2.15. The third-order valence-electron chi connectivity index (χ3n) is 3.49. The number of aryl methyl sites for hydroxylation is 1. The lowest BCUT2D eigenvalue weighted by Gasteiger charge is -2.06. The molecule has 1 aromatic carbocycles. The number of carbonyl (C=O) groups is 2. The Morgan fingerprint density at radius 2 is 1.64 bits per heavy atom. The topological polar surface area (TPSA) is 119 Å². The van der Waals surface area contributed by atoms with Crippen LogP contribution in [0.3, 0.4) is 0 Å². The number of aromatic nitrogens is 1. The van der Waals surface area contributed by atoms with Crippen LogP contribution < -0.4 is 5.73 Å². The van der Waals surface area contributed by atoms with Crippen molar-refractivity contribution >= 4 is 21.8 Å². The molecule has 136 valence electrons. The highest BCUT2D eigenvalue weighted by molar-refractivity contribution is 7.85. The second-order valence-electron chi connectivity index (χ2n) is 5.48. The minimum Gasteiger partial charge on any atom is -0.369 e. The Morgan fingerprint density at radius 3 is 2.08 bits per heavy atom. The van der Waals surface area contributed by atoms with Gasteiger partial charge in [-0.15, -0.1) is 0 Å². The number of carbonyl (C=O) groups excluding carboxylic acids is 2. The molecule has 1 amide bonds. The summed E-state index contributed by atoms with van der Waals surface area (Å²) >= 11 is 0. The molecule has 1 heterocycles. The van der Waals surface area contributed by atoms with Crippen LogP contribution in [0.4, 0.5) is 0 Å². The Balaban J connectivity index is 0.000000450. The molecule has 0 saturated heterocycles. The van der Waals surface area contributed by atoms with Gasteiger partial charge in [0, 0.05) is 18.3 Å². The Hall–Kier alpha value is -2.45. The number of nitrogens with zero attached hydrogens (tertiary/aromatic N) is 1. The molecule has 25 heavy (non-hydrogen) atoms. The van der Waals surface area contributed by atoms with E-state index < -0.39 is 16.0 Å². The second kappa shape index (κ2) is 8.59. The fraction of sp³-hybridized carbons (Fsp3) is 0.294. The van der Waals surface area contributed by atoms with E-state index in [0.29, 0.717) is 11.3 Å². The first-order valence-electron chi connectivity index (χ1n) is 7.54. The summed E-state index contributed by atoms with van der Waals surface area (Å²) in [5.74, 6) is -0.666. The number of amides is 1. The van der Waals surface area contributed by atoms with Crippen molar-refractivity contribution in [1.29, 1.82) is 0 Å². The van der Waals surface area contributed by atoms with Gasteiger partial charge in [-0.3, -0.25) is 14.1 Å². The van der Waals surface area contributed by atoms with Crippen LogP contribution in [0.25, 0.3) is 0 Å². The van der Waals surface area contributed by atoms with Crippen LogP contribution in [-0.4, -0.2) is 35.0 Å². The standard InChI is InChI=1S/C15H16N2O2.C2H6O3S/c1-10-3-5-11(6-4-10)15(19)13-8-7-12(17(13)2)9-14(16)18;1-2-6(3,4)5/h3-8H,9H2,1-2H3,(H2,16,18);2H2,1H3,(H,3,4,5). The highest BCUT2D eigenvalue weighted by Crippen LogP contribution is 2.14. The summed E-state index contributed by atoms with van der Waals surface area (Å²) in [5, 5.41) is 0. The van der Waals surface area contributed by atoms with E-state index in [-0.39, 0.29) is 18.0 Å². The van der Waals surface area contributed by atoms with Crippen molar-refractivity contribution in [3.8, 4) is 0 Å². The number of hydrogen-bond donors (Lipinski definition) is 2. The van der Waals surface area contributed by atoms with E-state index in [2.05, 4.69) is 0 Å². The Kier molecular flexibility index (Phi) is 7.08. The van der Waals surface area contributed by atoms with Crippen LogP contribution in [0.1, 0.15) is 34.2 Å². The third-order valence-corrected chi connectivity index (χ3v) is 4.22. The number of primary amides is 1. The molecule has 7 nitrogen and oxygen atoms in total. The van der Waals surface area contributed by atoms with Gasteiger partial charge in [-0.2, -0.15) is 8.42 Å². The summed E-state index contributed by atoms with van der Waals surface area (Å²) in [6.07, 6.45) is 0.137. The van der Waals surface area contributed by atoms with Gasteiger partial charge >= 0.3 is 0 Å². The molecule has 0 aliphatic heterocycles. The molecule has 0 fully saturated rings. The Morgan fingerprint density at radius 1 is 1.12 bits per heavy atom. The molecule has 2 rings (SSSR count). The average molecular weight is 366 g/mol. The van der Waals surface area contributed by atoms with Gasteiger partial charge in [-0.1, -0.05) is 29.8 Å². The van der Waals surface area contributed by atoms with E-state index in [1.54, 1.807) is 35.9 Å². The van der Waals surface area contributed by atoms with Crippen LogP contribution in [0.15, 0.2) is 36.4 Å². The Bertz CT molecular complexity index is 852. The van der Waals surface area contributed by atoms with Gasteiger partial charge < -0.3 is 10.3 Å². The monoisotopic (exact) mass is 366 g/mol. The molecule has 2 aromatic rings. The first kappa shape index (κ1) is 20.6. The van der Waals surface area contributed by atoms with Crippen LogP contribution in [0, 0.1) is 6.92 Å². The van der Waals surface area contributed by atoms with E-state index in [9.17, 15) is 18.0 Å². The highest BCUT2D eigenvalue weighted by atomic mass is 32.2. The molecule has 0 saturated carbocycles. The van der Waals surface area contributed by atoms with Crippen LogP contribution in [0.5, 0.6) is 0 Å². The minimum atomic E-state index is -3.66. The summed E-state index contributed by atoms with van der Waals surface area (Å²) in [5.41, 5.74) is 8.21. The van der Waals surface area contributed by atoms with E-state index in [4.69, 9.17) is 10.3 Å². The normalized spacial score (nSPS) is 10.7. The quantitative estimate of drug-likeness (QED) is 0.614.